The maximum Gasteiger partial charge on any atom is 0.401 e. The van der Waals surface area contributed by atoms with E-state index in [1.807, 2.05) is 20.8 Å². The summed E-state index contributed by atoms with van der Waals surface area (Å²) in [5.74, 6) is -1.66. The second-order valence-corrected chi connectivity index (χ2v) is 10.3. The molecule has 1 saturated heterocycles. The van der Waals surface area contributed by atoms with E-state index in [0.717, 1.165) is 6.07 Å². The van der Waals surface area contributed by atoms with Crippen LogP contribution in [0.25, 0.3) is 0 Å². The minimum absolute atomic E-state index is 0.0866. The van der Waals surface area contributed by atoms with Crippen LogP contribution in [0, 0.1) is 11.7 Å². The fourth-order valence-electron chi connectivity index (χ4n) is 4.54. The van der Waals surface area contributed by atoms with Crippen LogP contribution in [0.4, 0.5) is 17.6 Å². The number of piperidine rings is 1. The minimum atomic E-state index is -4.32. The lowest BCUT2D eigenvalue weighted by atomic mass is 9.83. The van der Waals surface area contributed by atoms with E-state index in [9.17, 15) is 31.9 Å². The number of carbonyl (C=O) groups is 2. The third kappa shape index (κ3) is 7.78. The summed E-state index contributed by atoms with van der Waals surface area (Å²) in [4.78, 5) is 38.4. The minimum Gasteiger partial charge on any atom is -0.383 e. The summed E-state index contributed by atoms with van der Waals surface area (Å²) in [5.41, 5.74) is 0.0217. The zero-order valence-corrected chi connectivity index (χ0v) is 20.5. The van der Waals surface area contributed by atoms with Crippen molar-refractivity contribution in [2.75, 3.05) is 19.6 Å². The molecule has 0 spiro atoms. The number of ketones is 1. The van der Waals surface area contributed by atoms with Crippen LogP contribution in [0.5, 0.6) is 0 Å². The van der Waals surface area contributed by atoms with Crippen LogP contribution in [0.3, 0.4) is 0 Å². The molecule has 2 heterocycles. The Hall–Kier alpha value is -2.95. The summed E-state index contributed by atoms with van der Waals surface area (Å²) < 4.78 is 57.9. The summed E-state index contributed by atoms with van der Waals surface area (Å²) in [6.07, 6.45) is -4.19. The summed E-state index contributed by atoms with van der Waals surface area (Å²) in [7, 11) is 0. The first-order valence-electron chi connectivity index (χ1n) is 11.8. The fourth-order valence-corrected chi connectivity index (χ4v) is 4.54. The maximum absolute atomic E-state index is 14.7. The monoisotopic (exact) mass is 513 g/mol. The molecule has 1 fully saturated rings. The number of aromatic amines is 1. The van der Waals surface area contributed by atoms with Gasteiger partial charge in [-0.3, -0.25) is 19.3 Å². The molecule has 0 aliphatic carbocycles. The Balaban J connectivity index is 1.74. The number of carbonyl (C=O) groups excluding carboxylic acids is 2. The first-order valence-corrected chi connectivity index (χ1v) is 11.8. The molecule has 3 rings (SSSR count). The Labute approximate surface area is 206 Å². The molecule has 11 heteroatoms. The smallest absolute Gasteiger partial charge is 0.383 e. The topological polar surface area (TPSA) is 95.4 Å². The van der Waals surface area contributed by atoms with Gasteiger partial charge >= 0.3 is 6.18 Å². The molecule has 0 bridgehead atoms. The molecule has 1 amide bonds. The molecule has 36 heavy (non-hydrogen) atoms. The SMILES string of the molecule is CC(C)(C)c1ccc(CC(=O)C(NC(=O)Cc2cc(=O)[nH]o2)C2CCN(CC(F)(F)F)CC2)cc1F. The lowest BCUT2D eigenvalue weighted by Crippen LogP contribution is -2.51. The standard InChI is InChI=1S/C25H31F4N3O4/c1-24(2,3)18-5-4-15(10-19(18)26)11-20(33)23(30-21(34)12-17-13-22(35)31-36-17)16-6-8-32(9-7-16)14-25(27,28)29/h4-5,10,13,16,23H,6-9,11-12,14H2,1-3H3,(H,30,34)(H,31,35). The first kappa shape index (κ1) is 27.6. The Morgan fingerprint density at radius 3 is 2.33 bits per heavy atom. The highest BCUT2D eigenvalue weighted by molar-refractivity contribution is 5.91. The van der Waals surface area contributed by atoms with Crippen molar-refractivity contribution < 1.29 is 31.7 Å². The van der Waals surface area contributed by atoms with E-state index >= 15 is 0 Å². The molecule has 1 aliphatic heterocycles. The van der Waals surface area contributed by atoms with Crippen LogP contribution < -0.4 is 10.9 Å². The molecular formula is C25H31F4N3O4. The molecular weight excluding hydrogens is 482 g/mol. The average Bonchev–Trinajstić information content (AvgIpc) is 3.15. The third-order valence-electron chi connectivity index (χ3n) is 6.30. The zero-order chi connectivity index (χ0) is 26.7. The number of Topliss-reactive ketones (excluding diaryl/α,β-unsaturated/α-hetero) is 1. The predicted octanol–water partition coefficient (Wildman–Crippen LogP) is 3.52. The Morgan fingerprint density at radius 1 is 1.14 bits per heavy atom. The largest absolute Gasteiger partial charge is 0.401 e. The lowest BCUT2D eigenvalue weighted by Gasteiger charge is -2.36. The van der Waals surface area contributed by atoms with Crippen molar-refractivity contribution in [3.63, 3.8) is 0 Å². The van der Waals surface area contributed by atoms with Gasteiger partial charge in [0.25, 0.3) is 5.56 Å². The summed E-state index contributed by atoms with van der Waals surface area (Å²) in [5, 5.41) is 4.76. The van der Waals surface area contributed by atoms with E-state index in [0.29, 0.717) is 11.1 Å². The van der Waals surface area contributed by atoms with Crippen LogP contribution in [0.1, 0.15) is 50.5 Å². The van der Waals surface area contributed by atoms with Crippen molar-refractivity contribution in [3.8, 4) is 0 Å². The van der Waals surface area contributed by atoms with Crippen molar-refractivity contribution in [2.24, 2.45) is 5.92 Å². The van der Waals surface area contributed by atoms with Crippen LogP contribution in [0.15, 0.2) is 33.6 Å². The molecule has 2 N–H and O–H groups in total. The number of nitrogens with zero attached hydrogens (tertiary/aromatic N) is 1. The summed E-state index contributed by atoms with van der Waals surface area (Å²) in [6, 6.07) is 4.75. The van der Waals surface area contributed by atoms with E-state index in [-0.39, 0.29) is 56.2 Å². The van der Waals surface area contributed by atoms with Crippen molar-refractivity contribution in [1.82, 2.24) is 15.4 Å². The number of halogens is 4. The molecule has 7 nitrogen and oxygen atoms in total. The molecule has 198 valence electrons. The molecule has 1 atom stereocenters. The van der Waals surface area contributed by atoms with E-state index < -0.39 is 41.5 Å². The molecule has 0 radical (unpaired) electrons. The van der Waals surface area contributed by atoms with Crippen LogP contribution in [-0.4, -0.2) is 53.6 Å². The number of H-pyrrole nitrogens is 1. The Bertz CT molecular complexity index is 1130. The number of alkyl halides is 3. The second kappa shape index (κ2) is 11.0. The number of nitrogens with one attached hydrogen (secondary N) is 2. The highest BCUT2D eigenvalue weighted by Crippen LogP contribution is 2.28. The van der Waals surface area contributed by atoms with Gasteiger partial charge < -0.3 is 9.84 Å². The van der Waals surface area contributed by atoms with E-state index in [2.05, 4.69) is 10.5 Å². The van der Waals surface area contributed by atoms with Gasteiger partial charge in [0.1, 0.15) is 11.6 Å². The van der Waals surface area contributed by atoms with Crippen molar-refractivity contribution >= 4 is 11.7 Å². The van der Waals surface area contributed by atoms with Crippen LogP contribution >= 0.6 is 0 Å². The second-order valence-electron chi connectivity index (χ2n) is 10.3. The lowest BCUT2D eigenvalue weighted by molar-refractivity contribution is -0.149. The highest BCUT2D eigenvalue weighted by Gasteiger charge is 2.36. The molecule has 1 aliphatic rings. The summed E-state index contributed by atoms with van der Waals surface area (Å²) in [6.45, 7) is 4.85. The number of likely N-dealkylation sites (tertiary alicyclic amines) is 1. The number of hydrogen-bond acceptors (Lipinski definition) is 5. The van der Waals surface area contributed by atoms with Crippen LogP contribution in [0.2, 0.25) is 0 Å². The van der Waals surface area contributed by atoms with Gasteiger partial charge in [-0.25, -0.2) is 4.39 Å². The molecule has 0 saturated carbocycles. The Morgan fingerprint density at radius 2 is 1.81 bits per heavy atom. The molecule has 1 aromatic heterocycles. The van der Waals surface area contributed by atoms with Crippen LogP contribution in [-0.2, 0) is 27.8 Å². The van der Waals surface area contributed by atoms with Gasteiger partial charge in [-0.05, 0) is 54.5 Å². The molecule has 2 aromatic rings. The molecule has 1 unspecified atom stereocenters. The first-order chi connectivity index (χ1) is 16.7. The van der Waals surface area contributed by atoms with E-state index in [1.165, 1.54) is 11.0 Å². The predicted molar refractivity (Wildman–Crippen MR) is 124 cm³/mol. The number of amides is 1. The van der Waals surface area contributed by atoms with Gasteiger partial charge in [-0.15, -0.1) is 0 Å². The summed E-state index contributed by atoms with van der Waals surface area (Å²) >= 11 is 0. The normalized spacial score (nSPS) is 16.6. The number of rotatable bonds is 8. The van der Waals surface area contributed by atoms with Gasteiger partial charge in [-0.2, -0.15) is 18.3 Å². The number of aromatic nitrogens is 1. The molecule has 1 aromatic carbocycles. The quantitative estimate of drug-likeness (QED) is 0.527. The Kier molecular flexibility index (Phi) is 8.43. The fraction of sp³-hybridized carbons (Fsp3) is 0.560. The van der Waals surface area contributed by atoms with Gasteiger partial charge in [0.2, 0.25) is 5.91 Å². The van der Waals surface area contributed by atoms with Crippen molar-refractivity contribution in [2.45, 2.75) is 64.1 Å². The number of benzene rings is 1. The van der Waals surface area contributed by atoms with Gasteiger partial charge in [0.05, 0.1) is 19.0 Å². The third-order valence-corrected chi connectivity index (χ3v) is 6.30. The van der Waals surface area contributed by atoms with Crippen molar-refractivity contribution in [3.05, 3.63) is 57.3 Å². The van der Waals surface area contributed by atoms with E-state index in [1.54, 1.807) is 12.1 Å². The average molecular weight is 514 g/mol. The van der Waals surface area contributed by atoms with Gasteiger partial charge in [0, 0.05) is 12.5 Å². The van der Waals surface area contributed by atoms with Crippen molar-refractivity contribution in [1.29, 1.82) is 0 Å². The number of hydrogen-bond donors (Lipinski definition) is 2. The highest BCUT2D eigenvalue weighted by atomic mass is 19.4. The van der Waals surface area contributed by atoms with Gasteiger partial charge in [0.15, 0.2) is 5.78 Å². The maximum atomic E-state index is 14.7. The zero-order valence-electron chi connectivity index (χ0n) is 20.5. The van der Waals surface area contributed by atoms with Gasteiger partial charge in [-0.1, -0.05) is 32.9 Å². The van der Waals surface area contributed by atoms with E-state index in [4.69, 9.17) is 4.52 Å².